The van der Waals surface area contributed by atoms with Gasteiger partial charge in [-0.25, -0.2) is 9.97 Å². The van der Waals surface area contributed by atoms with Gasteiger partial charge in [-0.2, -0.15) is 0 Å². The summed E-state index contributed by atoms with van der Waals surface area (Å²) in [5, 5.41) is 11.7. The van der Waals surface area contributed by atoms with E-state index in [0.29, 0.717) is 0 Å². The normalized spacial score (nSPS) is 15.4. The van der Waals surface area contributed by atoms with Crippen molar-refractivity contribution in [1.29, 1.82) is 0 Å². The number of hydrogen-bond donors (Lipinski definition) is 1. The molecule has 0 aliphatic rings. The molecule has 2 atom stereocenters. The third-order valence-electron chi connectivity index (χ3n) is 2.64. The summed E-state index contributed by atoms with van der Waals surface area (Å²) in [5.74, 6) is 0.106. The lowest BCUT2D eigenvalue weighted by atomic mass is 9.96. The molecule has 0 saturated heterocycles. The van der Waals surface area contributed by atoms with Gasteiger partial charge in [0, 0.05) is 5.92 Å². The van der Waals surface area contributed by atoms with E-state index in [1.165, 1.54) is 0 Å². The van der Waals surface area contributed by atoms with E-state index in [9.17, 15) is 5.11 Å². The third-order valence-corrected chi connectivity index (χ3v) is 3.57. The maximum absolute atomic E-state index is 9.71. The average Bonchev–Trinajstić information content (AvgIpc) is 2.66. The van der Waals surface area contributed by atoms with Gasteiger partial charge in [0.15, 0.2) is 0 Å². The van der Waals surface area contributed by atoms with Crippen LogP contribution in [0.4, 0.5) is 0 Å². The fraction of sp³-hybridized carbons (Fsp3) is 0.455. The second kappa shape index (κ2) is 4.24. The highest BCUT2D eigenvalue weighted by Gasteiger charge is 2.19. The molecular formula is C11H14N2OS. The molecule has 0 spiro atoms. The molecule has 2 rings (SSSR count). The van der Waals surface area contributed by atoms with Crippen molar-refractivity contribution in [3.05, 3.63) is 23.5 Å². The van der Waals surface area contributed by atoms with Crippen LogP contribution < -0.4 is 0 Å². The molecular weight excluding hydrogens is 208 g/mol. The molecule has 2 aromatic rings. The quantitative estimate of drug-likeness (QED) is 0.868. The van der Waals surface area contributed by atoms with Crippen LogP contribution in [0.1, 0.15) is 31.9 Å². The highest BCUT2D eigenvalue weighted by atomic mass is 32.1. The summed E-state index contributed by atoms with van der Waals surface area (Å²) in [7, 11) is 0. The van der Waals surface area contributed by atoms with Crippen LogP contribution in [0.15, 0.2) is 17.8 Å². The number of rotatable bonds is 3. The Morgan fingerprint density at radius 1 is 1.47 bits per heavy atom. The summed E-state index contributed by atoms with van der Waals surface area (Å²) in [6.07, 6.45) is 2.10. The van der Waals surface area contributed by atoms with Crippen LogP contribution >= 0.6 is 11.3 Å². The Morgan fingerprint density at radius 2 is 2.27 bits per heavy atom. The number of nitrogens with zero attached hydrogens (tertiary/aromatic N) is 2. The van der Waals surface area contributed by atoms with E-state index in [-0.39, 0.29) is 12.0 Å². The molecule has 80 valence electrons. The lowest BCUT2D eigenvalue weighted by Crippen LogP contribution is -2.15. The van der Waals surface area contributed by atoms with E-state index in [1.54, 1.807) is 17.7 Å². The largest absolute Gasteiger partial charge is 0.393 e. The maximum atomic E-state index is 9.71. The molecule has 2 aromatic heterocycles. The molecule has 4 heteroatoms. The second-order valence-electron chi connectivity index (χ2n) is 3.65. The Hall–Kier alpha value is -1.00. The molecule has 0 bridgehead atoms. The fourth-order valence-electron chi connectivity index (χ4n) is 1.83. The number of aromatic nitrogens is 2. The van der Waals surface area contributed by atoms with Crippen LogP contribution in [0.25, 0.3) is 10.2 Å². The van der Waals surface area contributed by atoms with Crippen molar-refractivity contribution in [1.82, 2.24) is 9.97 Å². The molecule has 3 nitrogen and oxygen atoms in total. The topological polar surface area (TPSA) is 46.0 Å². The predicted molar refractivity (Wildman–Crippen MR) is 62.1 cm³/mol. The first kappa shape index (κ1) is 10.5. The predicted octanol–water partition coefficient (Wildman–Crippen LogP) is 2.57. The minimum absolute atomic E-state index is 0.106. The lowest BCUT2D eigenvalue weighted by molar-refractivity contribution is 0.158. The Bertz CT molecular complexity index is 453. The zero-order valence-corrected chi connectivity index (χ0v) is 9.66. The number of hydrogen-bond acceptors (Lipinski definition) is 4. The Kier molecular flexibility index (Phi) is 2.98. The Morgan fingerprint density at radius 3 is 2.93 bits per heavy atom. The first-order chi connectivity index (χ1) is 7.24. The van der Waals surface area contributed by atoms with Crippen molar-refractivity contribution in [2.45, 2.75) is 32.3 Å². The molecule has 0 radical (unpaired) electrons. The van der Waals surface area contributed by atoms with Gasteiger partial charge in [-0.05, 0) is 24.8 Å². The molecule has 15 heavy (non-hydrogen) atoms. The third kappa shape index (κ3) is 1.87. The second-order valence-corrected chi connectivity index (χ2v) is 4.57. The number of aliphatic hydroxyl groups is 1. The summed E-state index contributed by atoms with van der Waals surface area (Å²) in [4.78, 5) is 8.51. The molecule has 2 heterocycles. The van der Waals surface area contributed by atoms with E-state index in [1.807, 2.05) is 18.4 Å². The van der Waals surface area contributed by atoms with Crippen molar-refractivity contribution < 1.29 is 5.11 Å². The van der Waals surface area contributed by atoms with Crippen molar-refractivity contribution in [3.8, 4) is 0 Å². The van der Waals surface area contributed by atoms with Crippen molar-refractivity contribution in [2.24, 2.45) is 0 Å². The van der Waals surface area contributed by atoms with Gasteiger partial charge >= 0.3 is 0 Å². The zero-order valence-electron chi connectivity index (χ0n) is 8.84. The standard InChI is InChI=1S/C11H14N2OS/c1-3-8(7(2)14)10-11-9(4-5-15-11)12-6-13-10/h4-8,14H,3H2,1-2H3. The van der Waals surface area contributed by atoms with Gasteiger partial charge in [0.2, 0.25) is 0 Å². The van der Waals surface area contributed by atoms with Gasteiger partial charge in [0.1, 0.15) is 6.33 Å². The van der Waals surface area contributed by atoms with Crippen molar-refractivity contribution in [3.63, 3.8) is 0 Å². The summed E-state index contributed by atoms with van der Waals surface area (Å²) in [6.45, 7) is 3.88. The maximum Gasteiger partial charge on any atom is 0.116 e. The van der Waals surface area contributed by atoms with Gasteiger partial charge in [0.25, 0.3) is 0 Å². The van der Waals surface area contributed by atoms with Crippen LogP contribution in [-0.4, -0.2) is 21.2 Å². The van der Waals surface area contributed by atoms with Crippen LogP contribution in [0.5, 0.6) is 0 Å². The first-order valence-corrected chi connectivity index (χ1v) is 5.98. The SMILES string of the molecule is CCC(c1ncnc2ccsc12)C(C)O. The van der Waals surface area contributed by atoms with Crippen LogP contribution in [-0.2, 0) is 0 Å². The van der Waals surface area contributed by atoms with Gasteiger partial charge in [-0.1, -0.05) is 6.92 Å². The van der Waals surface area contributed by atoms with Crippen LogP contribution in [0, 0.1) is 0 Å². The molecule has 2 unspecified atom stereocenters. The minimum atomic E-state index is -0.366. The summed E-state index contributed by atoms with van der Waals surface area (Å²) in [6, 6.07) is 1.99. The summed E-state index contributed by atoms with van der Waals surface area (Å²) >= 11 is 1.64. The van der Waals surface area contributed by atoms with E-state index >= 15 is 0 Å². The summed E-state index contributed by atoms with van der Waals surface area (Å²) < 4.78 is 1.10. The van der Waals surface area contributed by atoms with E-state index in [2.05, 4.69) is 16.9 Å². The monoisotopic (exact) mass is 222 g/mol. The molecule has 0 aromatic carbocycles. The molecule has 0 saturated carbocycles. The van der Waals surface area contributed by atoms with E-state index < -0.39 is 0 Å². The number of aliphatic hydroxyl groups excluding tert-OH is 1. The molecule has 0 aliphatic carbocycles. The first-order valence-electron chi connectivity index (χ1n) is 5.10. The van der Waals surface area contributed by atoms with E-state index in [0.717, 1.165) is 22.3 Å². The average molecular weight is 222 g/mol. The molecule has 1 N–H and O–H groups in total. The smallest absolute Gasteiger partial charge is 0.116 e. The fourth-order valence-corrected chi connectivity index (χ4v) is 2.73. The molecule has 0 aliphatic heterocycles. The minimum Gasteiger partial charge on any atom is -0.393 e. The van der Waals surface area contributed by atoms with Gasteiger partial charge < -0.3 is 5.11 Å². The zero-order chi connectivity index (χ0) is 10.8. The Balaban J connectivity index is 2.54. The number of fused-ring (bicyclic) bond motifs is 1. The van der Waals surface area contributed by atoms with Gasteiger partial charge in [-0.3, -0.25) is 0 Å². The van der Waals surface area contributed by atoms with Crippen LogP contribution in [0.3, 0.4) is 0 Å². The van der Waals surface area contributed by atoms with Gasteiger partial charge in [-0.15, -0.1) is 11.3 Å². The van der Waals surface area contributed by atoms with E-state index in [4.69, 9.17) is 0 Å². The highest BCUT2D eigenvalue weighted by molar-refractivity contribution is 7.17. The van der Waals surface area contributed by atoms with Crippen molar-refractivity contribution >= 4 is 21.6 Å². The molecule has 0 fully saturated rings. The Labute approximate surface area is 92.8 Å². The summed E-state index contributed by atoms with van der Waals surface area (Å²) in [5.41, 5.74) is 1.96. The number of thiophene rings is 1. The highest BCUT2D eigenvalue weighted by Crippen LogP contribution is 2.30. The lowest BCUT2D eigenvalue weighted by Gasteiger charge is -2.17. The van der Waals surface area contributed by atoms with Gasteiger partial charge in [0.05, 0.1) is 22.0 Å². The van der Waals surface area contributed by atoms with Crippen LogP contribution in [0.2, 0.25) is 0 Å². The van der Waals surface area contributed by atoms with Crippen molar-refractivity contribution in [2.75, 3.05) is 0 Å². The molecule has 0 amide bonds.